The van der Waals surface area contributed by atoms with Gasteiger partial charge in [-0.05, 0) is 42.8 Å². The molecular formula is C22H24N2O5. The van der Waals surface area contributed by atoms with E-state index in [1.54, 1.807) is 54.6 Å². The lowest BCUT2D eigenvalue weighted by Gasteiger charge is -2.22. The lowest BCUT2D eigenvalue weighted by molar-refractivity contribution is -0.143. The van der Waals surface area contributed by atoms with E-state index < -0.39 is 24.4 Å². The highest BCUT2D eigenvalue weighted by atomic mass is 16.5. The highest BCUT2D eigenvalue weighted by Crippen LogP contribution is 2.15. The number of benzene rings is 2. The first-order valence-electron chi connectivity index (χ1n) is 9.21. The summed E-state index contributed by atoms with van der Waals surface area (Å²) >= 11 is 0. The molecule has 2 N–H and O–H groups in total. The van der Waals surface area contributed by atoms with Crippen LogP contribution in [0, 0.1) is 0 Å². The molecule has 2 aromatic rings. The maximum Gasteiger partial charge on any atom is 0.331 e. The first-order chi connectivity index (χ1) is 14.0. The molecule has 0 aliphatic heterocycles. The molecule has 0 bridgehead atoms. The number of primary amides is 1. The summed E-state index contributed by atoms with van der Waals surface area (Å²) in [6.07, 6.45) is 2.84. The summed E-state index contributed by atoms with van der Waals surface area (Å²) in [5.74, 6) is -0.862. The molecule has 0 aliphatic carbocycles. The van der Waals surface area contributed by atoms with Gasteiger partial charge >= 0.3 is 5.97 Å². The minimum Gasteiger partial charge on any atom is -0.494 e. The van der Waals surface area contributed by atoms with Gasteiger partial charge in [0.25, 0.3) is 5.91 Å². The van der Waals surface area contributed by atoms with Crippen LogP contribution in [-0.2, 0) is 19.1 Å². The van der Waals surface area contributed by atoms with Crippen molar-refractivity contribution in [1.82, 2.24) is 0 Å². The fraction of sp³-hybridized carbons (Fsp3) is 0.227. The van der Waals surface area contributed by atoms with Crippen LogP contribution in [0.4, 0.5) is 5.69 Å². The first-order valence-corrected chi connectivity index (χ1v) is 9.21. The Labute approximate surface area is 169 Å². The van der Waals surface area contributed by atoms with Gasteiger partial charge in [0.05, 0.1) is 6.61 Å². The summed E-state index contributed by atoms with van der Waals surface area (Å²) in [5.41, 5.74) is 6.58. The number of amides is 2. The summed E-state index contributed by atoms with van der Waals surface area (Å²) in [5, 5.41) is 0. The summed E-state index contributed by atoms with van der Waals surface area (Å²) in [6, 6.07) is 16.0. The summed E-state index contributed by atoms with van der Waals surface area (Å²) in [4.78, 5) is 36.9. The van der Waals surface area contributed by atoms with Crippen LogP contribution in [0.2, 0.25) is 0 Å². The number of nitrogens with two attached hydrogens (primary N) is 1. The Morgan fingerprint density at radius 3 is 2.34 bits per heavy atom. The maximum absolute atomic E-state index is 12.5. The summed E-state index contributed by atoms with van der Waals surface area (Å²) < 4.78 is 10.4. The zero-order chi connectivity index (χ0) is 21.1. The van der Waals surface area contributed by atoms with Crippen LogP contribution in [0.3, 0.4) is 0 Å². The van der Waals surface area contributed by atoms with Crippen LogP contribution in [0.1, 0.15) is 18.9 Å². The van der Waals surface area contributed by atoms with E-state index in [-0.39, 0.29) is 13.0 Å². The van der Waals surface area contributed by atoms with Crippen LogP contribution < -0.4 is 15.4 Å². The standard InChI is InChI=1S/C22H24N2O5/c1-2-28-19-11-8-17(9-12-19)10-13-22(27)29-16-21(26)24(15-14-20(23)25)18-6-4-3-5-7-18/h3-13H,2,14-16H2,1H3,(H2,23,25)/b13-10+. The number of anilines is 1. The molecule has 152 valence electrons. The van der Waals surface area contributed by atoms with Crippen LogP contribution >= 0.6 is 0 Å². The van der Waals surface area contributed by atoms with Crippen molar-refractivity contribution in [3.63, 3.8) is 0 Å². The first kappa shape index (κ1) is 21.7. The molecule has 29 heavy (non-hydrogen) atoms. The molecule has 0 radical (unpaired) electrons. The smallest absolute Gasteiger partial charge is 0.331 e. The molecule has 7 heteroatoms. The number of hydrogen-bond acceptors (Lipinski definition) is 5. The van der Waals surface area contributed by atoms with Gasteiger partial charge in [0.2, 0.25) is 5.91 Å². The second-order valence-corrected chi connectivity index (χ2v) is 6.04. The molecule has 2 amide bonds. The van der Waals surface area contributed by atoms with Crippen molar-refractivity contribution < 1.29 is 23.9 Å². The molecule has 0 heterocycles. The quantitative estimate of drug-likeness (QED) is 0.491. The Morgan fingerprint density at radius 2 is 1.72 bits per heavy atom. The molecule has 0 spiro atoms. The van der Waals surface area contributed by atoms with Crippen molar-refractivity contribution >= 4 is 29.5 Å². The normalized spacial score (nSPS) is 10.5. The van der Waals surface area contributed by atoms with Gasteiger partial charge in [-0.15, -0.1) is 0 Å². The minimum absolute atomic E-state index is 0.00617. The third kappa shape index (κ3) is 7.50. The Balaban J connectivity index is 1.92. The third-order valence-electron chi connectivity index (χ3n) is 3.89. The number of rotatable bonds is 10. The monoisotopic (exact) mass is 396 g/mol. The average molecular weight is 396 g/mol. The lowest BCUT2D eigenvalue weighted by Crippen LogP contribution is -2.37. The Hall–Kier alpha value is -3.61. The molecular weight excluding hydrogens is 372 g/mol. The van der Waals surface area contributed by atoms with Crippen LogP contribution in [-0.4, -0.2) is 37.5 Å². The third-order valence-corrected chi connectivity index (χ3v) is 3.89. The zero-order valence-corrected chi connectivity index (χ0v) is 16.2. The molecule has 7 nitrogen and oxygen atoms in total. The van der Waals surface area contributed by atoms with Crippen molar-refractivity contribution in [1.29, 1.82) is 0 Å². The molecule has 0 fully saturated rings. The average Bonchev–Trinajstić information content (AvgIpc) is 2.72. The van der Waals surface area contributed by atoms with E-state index in [1.807, 2.05) is 13.0 Å². The number of esters is 1. The Bertz CT molecular complexity index is 847. The van der Waals surface area contributed by atoms with Crippen molar-refractivity contribution in [2.45, 2.75) is 13.3 Å². The lowest BCUT2D eigenvalue weighted by atomic mass is 10.2. The zero-order valence-electron chi connectivity index (χ0n) is 16.2. The van der Waals surface area contributed by atoms with Crippen LogP contribution in [0.5, 0.6) is 5.75 Å². The number of nitrogens with zero attached hydrogens (tertiary/aromatic N) is 1. The van der Waals surface area contributed by atoms with E-state index in [2.05, 4.69) is 0 Å². The van der Waals surface area contributed by atoms with E-state index in [0.717, 1.165) is 11.3 Å². The fourth-order valence-electron chi connectivity index (χ4n) is 2.49. The van der Waals surface area contributed by atoms with Crippen molar-refractivity contribution in [2.75, 3.05) is 24.7 Å². The number of carbonyl (C=O) groups excluding carboxylic acids is 3. The van der Waals surface area contributed by atoms with Gasteiger partial charge in [-0.1, -0.05) is 30.3 Å². The molecule has 0 unspecified atom stereocenters. The van der Waals surface area contributed by atoms with E-state index in [0.29, 0.717) is 12.3 Å². The van der Waals surface area contributed by atoms with E-state index >= 15 is 0 Å². The topological polar surface area (TPSA) is 98.9 Å². The van der Waals surface area contributed by atoms with Gasteiger partial charge < -0.3 is 20.1 Å². The van der Waals surface area contributed by atoms with E-state index in [1.165, 1.54) is 11.0 Å². The number of carbonyl (C=O) groups is 3. The maximum atomic E-state index is 12.5. The fourth-order valence-corrected chi connectivity index (χ4v) is 2.49. The second-order valence-electron chi connectivity index (χ2n) is 6.04. The highest BCUT2D eigenvalue weighted by molar-refractivity contribution is 5.97. The SMILES string of the molecule is CCOc1ccc(/C=C/C(=O)OCC(=O)N(CCC(N)=O)c2ccccc2)cc1. The minimum atomic E-state index is -0.643. The van der Waals surface area contributed by atoms with E-state index in [4.69, 9.17) is 15.2 Å². The van der Waals surface area contributed by atoms with Crippen molar-refractivity contribution in [3.05, 3.63) is 66.2 Å². The van der Waals surface area contributed by atoms with Crippen LogP contribution in [0.15, 0.2) is 60.7 Å². The van der Waals surface area contributed by atoms with Gasteiger partial charge in [0, 0.05) is 24.7 Å². The second kappa shape index (κ2) is 11.3. The molecule has 2 aromatic carbocycles. The van der Waals surface area contributed by atoms with Gasteiger partial charge in [0.15, 0.2) is 6.61 Å². The van der Waals surface area contributed by atoms with Crippen molar-refractivity contribution in [2.24, 2.45) is 5.73 Å². The predicted octanol–water partition coefficient (Wildman–Crippen LogP) is 2.55. The number of hydrogen-bond donors (Lipinski definition) is 1. The predicted molar refractivity (Wildman–Crippen MR) is 110 cm³/mol. The molecule has 0 saturated heterocycles. The van der Waals surface area contributed by atoms with Crippen molar-refractivity contribution in [3.8, 4) is 5.75 Å². The number of ether oxygens (including phenoxy) is 2. The van der Waals surface area contributed by atoms with Gasteiger partial charge in [0.1, 0.15) is 5.75 Å². The summed E-state index contributed by atoms with van der Waals surface area (Å²) in [7, 11) is 0. The Morgan fingerprint density at radius 1 is 1.03 bits per heavy atom. The van der Waals surface area contributed by atoms with Gasteiger partial charge in [-0.2, -0.15) is 0 Å². The molecule has 2 rings (SSSR count). The molecule has 0 aliphatic rings. The van der Waals surface area contributed by atoms with Gasteiger partial charge in [-0.25, -0.2) is 4.79 Å². The number of para-hydroxylation sites is 1. The summed E-state index contributed by atoms with van der Waals surface area (Å²) in [6.45, 7) is 2.14. The molecule has 0 aromatic heterocycles. The van der Waals surface area contributed by atoms with E-state index in [9.17, 15) is 14.4 Å². The highest BCUT2D eigenvalue weighted by Gasteiger charge is 2.17. The molecule has 0 atom stereocenters. The largest absolute Gasteiger partial charge is 0.494 e. The Kier molecular flexibility index (Phi) is 8.44. The van der Waals surface area contributed by atoms with Crippen LogP contribution in [0.25, 0.3) is 6.08 Å². The molecule has 0 saturated carbocycles. The van der Waals surface area contributed by atoms with Gasteiger partial charge in [-0.3, -0.25) is 9.59 Å².